The summed E-state index contributed by atoms with van der Waals surface area (Å²) in [6.07, 6.45) is 14.5. The van der Waals surface area contributed by atoms with Crippen molar-refractivity contribution in [2.24, 2.45) is 5.16 Å². The third-order valence-electron chi connectivity index (χ3n) is 8.64. The summed E-state index contributed by atoms with van der Waals surface area (Å²) in [7, 11) is 4.09. The van der Waals surface area contributed by atoms with Gasteiger partial charge in [0.1, 0.15) is 0 Å². The van der Waals surface area contributed by atoms with E-state index in [4.69, 9.17) is 0 Å². The van der Waals surface area contributed by atoms with Gasteiger partial charge in [0.15, 0.2) is 11.2 Å². The van der Waals surface area contributed by atoms with E-state index in [2.05, 4.69) is 85.1 Å². The quantitative estimate of drug-likeness (QED) is 0.128. The van der Waals surface area contributed by atoms with E-state index in [1.54, 1.807) is 0 Å². The minimum absolute atomic E-state index is 0.362. The van der Waals surface area contributed by atoms with Crippen LogP contribution in [-0.4, -0.2) is 35.5 Å². The molecule has 0 spiro atoms. The van der Waals surface area contributed by atoms with Crippen molar-refractivity contribution in [3.05, 3.63) is 72.2 Å². The Morgan fingerprint density at radius 3 is 2.26 bits per heavy atom. The summed E-state index contributed by atoms with van der Waals surface area (Å²) in [4.78, 5) is 2.09. The van der Waals surface area contributed by atoms with Crippen LogP contribution < -0.4 is 14.8 Å². The van der Waals surface area contributed by atoms with Gasteiger partial charge in [-0.1, -0.05) is 67.2 Å². The van der Waals surface area contributed by atoms with E-state index >= 15 is 0 Å². The van der Waals surface area contributed by atoms with E-state index in [1.165, 1.54) is 73.5 Å². The zero-order valence-corrected chi connectivity index (χ0v) is 22.7. The lowest BCUT2D eigenvalue weighted by Crippen LogP contribution is -2.48. The molecule has 6 nitrogen and oxygen atoms in total. The van der Waals surface area contributed by atoms with Crippen molar-refractivity contribution < 1.29 is 9.77 Å². The number of nitrogens with one attached hydrogen (secondary N) is 1. The number of aromatic nitrogens is 2. The van der Waals surface area contributed by atoms with Gasteiger partial charge in [-0.2, -0.15) is 0 Å². The predicted molar refractivity (Wildman–Crippen MR) is 156 cm³/mol. The average Bonchev–Trinajstić information content (AvgIpc) is 3.29. The van der Waals surface area contributed by atoms with Crippen LogP contribution in [0.3, 0.4) is 0 Å². The maximum Gasteiger partial charge on any atom is 0.264 e. The van der Waals surface area contributed by atoms with Crippen molar-refractivity contribution in [2.45, 2.75) is 76.3 Å². The Morgan fingerprint density at radius 2 is 1.58 bits per heavy atom. The number of benzene rings is 2. The van der Waals surface area contributed by atoms with Crippen molar-refractivity contribution in [1.82, 2.24) is 4.40 Å². The summed E-state index contributed by atoms with van der Waals surface area (Å²) in [5.41, 5.74) is 3.83. The summed E-state index contributed by atoms with van der Waals surface area (Å²) >= 11 is 0. The molecule has 6 heteroatoms. The van der Waals surface area contributed by atoms with Crippen LogP contribution in [0.15, 0.2) is 65.9 Å². The second kappa shape index (κ2) is 10.7. The number of rotatable bonds is 6. The largest absolute Gasteiger partial charge is 0.410 e. The van der Waals surface area contributed by atoms with Crippen LogP contribution in [0.1, 0.15) is 81.6 Å². The Labute approximate surface area is 225 Å². The first kappa shape index (κ1) is 24.8. The second-order valence-corrected chi connectivity index (χ2v) is 11.3. The molecular formula is C32H40N5O+. The van der Waals surface area contributed by atoms with Crippen molar-refractivity contribution in [3.63, 3.8) is 0 Å². The lowest BCUT2D eigenvalue weighted by Gasteiger charge is -2.25. The van der Waals surface area contributed by atoms with Crippen LogP contribution in [0, 0.1) is 0 Å². The summed E-state index contributed by atoms with van der Waals surface area (Å²) in [5.74, 6) is 2.14. The third kappa shape index (κ3) is 4.50. The predicted octanol–water partition coefficient (Wildman–Crippen LogP) is 6.92. The fourth-order valence-electron chi connectivity index (χ4n) is 6.62. The fraction of sp³-hybridized carbons (Fsp3) is 0.438. The number of hydrogen-bond acceptors (Lipinski definition) is 4. The number of oxime groups is 1. The SMILES string of the molecule is CN(C)c1ccc(/C(=N/O)c2n3ccc4ccccc4c3c(NC3CCCCC3)[n+]2C2CCCCC2)cc1. The molecule has 2 aliphatic carbocycles. The van der Waals surface area contributed by atoms with Crippen LogP contribution >= 0.6 is 0 Å². The normalized spacial score (nSPS) is 17.8. The van der Waals surface area contributed by atoms with Gasteiger partial charge < -0.3 is 10.1 Å². The molecule has 38 heavy (non-hydrogen) atoms. The molecule has 2 aromatic carbocycles. The highest BCUT2D eigenvalue weighted by atomic mass is 16.4. The molecule has 198 valence electrons. The van der Waals surface area contributed by atoms with E-state index in [-0.39, 0.29) is 0 Å². The molecule has 0 saturated heterocycles. The number of pyridine rings is 1. The lowest BCUT2D eigenvalue weighted by atomic mass is 9.94. The Kier molecular flexibility index (Phi) is 6.96. The average molecular weight is 511 g/mol. The fourth-order valence-corrected chi connectivity index (χ4v) is 6.62. The molecule has 2 heterocycles. The maximum absolute atomic E-state index is 10.6. The van der Waals surface area contributed by atoms with E-state index in [9.17, 15) is 5.21 Å². The number of fused-ring (bicyclic) bond motifs is 3. The molecule has 6 rings (SSSR count). The molecule has 0 unspecified atom stereocenters. The van der Waals surface area contributed by atoms with Gasteiger partial charge >= 0.3 is 0 Å². The first-order valence-corrected chi connectivity index (χ1v) is 14.4. The van der Waals surface area contributed by atoms with Crippen molar-refractivity contribution in [2.75, 3.05) is 24.3 Å². The Hall–Kier alpha value is -3.54. The van der Waals surface area contributed by atoms with Crippen molar-refractivity contribution >= 4 is 33.5 Å². The summed E-state index contributed by atoms with van der Waals surface area (Å²) < 4.78 is 4.78. The van der Waals surface area contributed by atoms with Gasteiger partial charge in [0.25, 0.3) is 11.6 Å². The van der Waals surface area contributed by atoms with Crippen LogP contribution in [0.2, 0.25) is 0 Å². The molecule has 0 radical (unpaired) electrons. The van der Waals surface area contributed by atoms with E-state index < -0.39 is 0 Å². The molecule has 2 fully saturated rings. The lowest BCUT2D eigenvalue weighted by molar-refractivity contribution is -0.712. The maximum atomic E-state index is 10.6. The van der Waals surface area contributed by atoms with E-state index in [0.29, 0.717) is 17.8 Å². The molecule has 2 aliphatic rings. The minimum atomic E-state index is 0.362. The molecule has 0 amide bonds. The van der Waals surface area contributed by atoms with E-state index in [0.717, 1.165) is 29.9 Å². The number of hydrogen-bond donors (Lipinski definition) is 2. The molecule has 4 aromatic rings. The number of anilines is 2. The standard InChI is InChI=1S/C32H39N5O/c1-35(2)26-19-17-24(18-20-26)29(34-38)32-36-22-21-23-11-9-10-16-28(23)30(36)31(33-25-12-5-3-6-13-25)37(32)27-14-7-4-8-15-27/h9-11,16-22,25,27,33H,3-8,12-15H2,1-2H3/p+1. The highest BCUT2D eigenvalue weighted by molar-refractivity contribution is 6.12. The summed E-state index contributed by atoms with van der Waals surface area (Å²) in [6, 6.07) is 20.0. The highest BCUT2D eigenvalue weighted by Gasteiger charge is 2.36. The summed E-state index contributed by atoms with van der Waals surface area (Å²) in [5, 5.41) is 21.1. The van der Waals surface area contributed by atoms with Crippen molar-refractivity contribution in [3.8, 4) is 0 Å². The third-order valence-corrected chi connectivity index (χ3v) is 8.64. The first-order valence-electron chi connectivity index (χ1n) is 14.4. The Balaban J connectivity index is 1.62. The van der Waals surface area contributed by atoms with E-state index in [1.807, 2.05) is 14.1 Å². The van der Waals surface area contributed by atoms with Gasteiger partial charge in [-0.3, -0.25) is 5.32 Å². The zero-order chi connectivity index (χ0) is 26.1. The molecule has 0 aliphatic heterocycles. The van der Waals surface area contributed by atoms with Gasteiger partial charge in [0.2, 0.25) is 0 Å². The number of nitrogens with zero attached hydrogens (tertiary/aromatic N) is 4. The van der Waals surface area contributed by atoms with Crippen LogP contribution in [0.25, 0.3) is 16.3 Å². The second-order valence-electron chi connectivity index (χ2n) is 11.3. The molecule has 2 aromatic heterocycles. The van der Waals surface area contributed by atoms with Gasteiger partial charge in [0, 0.05) is 30.7 Å². The van der Waals surface area contributed by atoms with Gasteiger partial charge in [-0.25, -0.2) is 8.97 Å². The Morgan fingerprint density at radius 1 is 0.895 bits per heavy atom. The van der Waals surface area contributed by atoms with Crippen LogP contribution in [-0.2, 0) is 0 Å². The Bertz CT molecular complexity index is 1440. The highest BCUT2D eigenvalue weighted by Crippen LogP contribution is 2.34. The first-order chi connectivity index (χ1) is 18.7. The van der Waals surface area contributed by atoms with Gasteiger partial charge in [-0.15, -0.1) is 0 Å². The van der Waals surface area contributed by atoms with Crippen molar-refractivity contribution in [1.29, 1.82) is 0 Å². The molecule has 0 bridgehead atoms. The van der Waals surface area contributed by atoms with Crippen LogP contribution in [0.4, 0.5) is 11.5 Å². The topological polar surface area (TPSA) is 56.1 Å². The summed E-state index contributed by atoms with van der Waals surface area (Å²) in [6.45, 7) is 0. The van der Waals surface area contributed by atoms with Gasteiger partial charge in [0.05, 0.1) is 18.3 Å². The molecule has 2 N–H and O–H groups in total. The zero-order valence-electron chi connectivity index (χ0n) is 22.7. The monoisotopic (exact) mass is 510 g/mol. The van der Waals surface area contributed by atoms with Gasteiger partial charge in [-0.05, 0) is 62.1 Å². The van der Waals surface area contributed by atoms with Crippen LogP contribution in [0.5, 0.6) is 0 Å². The molecule has 2 saturated carbocycles. The smallest absolute Gasteiger partial charge is 0.264 e. The molecular weight excluding hydrogens is 470 g/mol. The minimum Gasteiger partial charge on any atom is -0.410 e. The number of imidazole rings is 1. The molecule has 0 atom stereocenters.